The molecule has 0 aliphatic carbocycles. The smallest absolute Gasteiger partial charge is 0.416 e. The van der Waals surface area contributed by atoms with Crippen LogP contribution in [0.5, 0.6) is 11.5 Å². The highest BCUT2D eigenvalue weighted by Crippen LogP contribution is 2.39. The first kappa shape index (κ1) is 18.7. The van der Waals surface area contributed by atoms with Gasteiger partial charge in [0.25, 0.3) is 0 Å². The van der Waals surface area contributed by atoms with Crippen LogP contribution in [0.2, 0.25) is 0 Å². The van der Waals surface area contributed by atoms with Crippen molar-refractivity contribution in [1.82, 2.24) is 0 Å². The Morgan fingerprint density at radius 3 is 1.72 bits per heavy atom. The SMILES string of the molecule is O=Cc1cc(F)c(Oc2cc(C(F)(F)F)cc(C(F)(F)F)c2)cc1F. The Bertz CT molecular complexity index is 776. The molecular formula is C15H6F8O2. The molecule has 10 heteroatoms. The fourth-order valence-corrected chi connectivity index (χ4v) is 1.82. The Kier molecular flexibility index (Phi) is 4.74. The Morgan fingerprint density at radius 2 is 1.28 bits per heavy atom. The Labute approximate surface area is 134 Å². The summed E-state index contributed by atoms with van der Waals surface area (Å²) in [5, 5.41) is 0. The van der Waals surface area contributed by atoms with E-state index in [2.05, 4.69) is 4.74 Å². The maximum atomic E-state index is 13.7. The highest BCUT2D eigenvalue weighted by Gasteiger charge is 2.37. The molecule has 0 aliphatic heterocycles. The maximum absolute atomic E-state index is 13.7. The van der Waals surface area contributed by atoms with E-state index < -0.39 is 52.2 Å². The Hall–Kier alpha value is -2.65. The van der Waals surface area contributed by atoms with Gasteiger partial charge in [0.2, 0.25) is 0 Å². The molecule has 0 saturated heterocycles. The van der Waals surface area contributed by atoms with E-state index in [1.165, 1.54) is 0 Å². The third kappa shape index (κ3) is 4.25. The molecule has 2 aromatic rings. The highest BCUT2D eigenvalue weighted by molar-refractivity contribution is 5.75. The second-order valence-corrected chi connectivity index (χ2v) is 4.77. The van der Waals surface area contributed by atoms with Crippen molar-refractivity contribution >= 4 is 6.29 Å². The lowest BCUT2D eigenvalue weighted by molar-refractivity contribution is -0.143. The van der Waals surface area contributed by atoms with Gasteiger partial charge in [-0.25, -0.2) is 8.78 Å². The van der Waals surface area contributed by atoms with Crippen molar-refractivity contribution in [3.05, 3.63) is 58.7 Å². The van der Waals surface area contributed by atoms with Crippen LogP contribution in [0, 0.1) is 11.6 Å². The summed E-state index contributed by atoms with van der Waals surface area (Å²) in [6.45, 7) is 0. The summed E-state index contributed by atoms with van der Waals surface area (Å²) in [4.78, 5) is 10.5. The summed E-state index contributed by atoms with van der Waals surface area (Å²) in [5.74, 6) is -4.57. The minimum Gasteiger partial charge on any atom is -0.454 e. The zero-order valence-corrected chi connectivity index (χ0v) is 11.8. The molecule has 0 aliphatic rings. The van der Waals surface area contributed by atoms with Crippen LogP contribution in [0.1, 0.15) is 21.5 Å². The van der Waals surface area contributed by atoms with E-state index in [1.807, 2.05) is 0 Å². The quantitative estimate of drug-likeness (QED) is 0.519. The summed E-state index contributed by atoms with van der Waals surface area (Å²) in [6.07, 6.45) is -10.3. The Morgan fingerprint density at radius 1 is 0.760 bits per heavy atom. The molecule has 2 aromatic carbocycles. The van der Waals surface area contributed by atoms with E-state index in [0.29, 0.717) is 12.1 Å². The molecule has 0 spiro atoms. The van der Waals surface area contributed by atoms with Crippen LogP contribution in [0.3, 0.4) is 0 Å². The van der Waals surface area contributed by atoms with Gasteiger partial charge in [-0.2, -0.15) is 26.3 Å². The fraction of sp³-hybridized carbons (Fsp3) is 0.133. The van der Waals surface area contributed by atoms with Crippen molar-refractivity contribution in [2.75, 3.05) is 0 Å². The molecule has 2 nitrogen and oxygen atoms in total. The van der Waals surface area contributed by atoms with Gasteiger partial charge < -0.3 is 4.74 Å². The third-order valence-corrected chi connectivity index (χ3v) is 2.97. The molecule has 0 bridgehead atoms. The second-order valence-electron chi connectivity index (χ2n) is 4.77. The maximum Gasteiger partial charge on any atom is 0.416 e. The molecule has 0 saturated carbocycles. The van der Waals surface area contributed by atoms with E-state index in [4.69, 9.17) is 0 Å². The lowest BCUT2D eigenvalue weighted by Crippen LogP contribution is -2.11. The van der Waals surface area contributed by atoms with Gasteiger partial charge >= 0.3 is 12.4 Å². The average molecular weight is 370 g/mol. The number of hydrogen-bond donors (Lipinski definition) is 0. The number of rotatable bonds is 3. The van der Waals surface area contributed by atoms with E-state index in [0.717, 1.165) is 0 Å². The number of ether oxygens (including phenoxy) is 1. The van der Waals surface area contributed by atoms with E-state index in [-0.39, 0.29) is 24.5 Å². The standard InChI is InChI=1S/C15H6F8O2/c16-11-5-13(12(17)1-7(11)6-24)25-10-3-8(14(18,19)20)2-9(4-10)15(21,22)23/h1-6H. The van der Waals surface area contributed by atoms with Crippen molar-refractivity contribution in [3.63, 3.8) is 0 Å². The number of carbonyl (C=O) groups is 1. The van der Waals surface area contributed by atoms with Crippen molar-refractivity contribution < 1.29 is 44.7 Å². The summed E-state index contributed by atoms with van der Waals surface area (Å²) in [7, 11) is 0. The van der Waals surface area contributed by atoms with Crippen LogP contribution in [0.4, 0.5) is 35.1 Å². The number of alkyl halides is 6. The lowest BCUT2D eigenvalue weighted by atomic mass is 10.1. The van der Waals surface area contributed by atoms with Crippen LogP contribution in [0.25, 0.3) is 0 Å². The summed E-state index contributed by atoms with van der Waals surface area (Å²) >= 11 is 0. The van der Waals surface area contributed by atoms with Crippen molar-refractivity contribution in [2.24, 2.45) is 0 Å². The minimum atomic E-state index is -5.12. The monoisotopic (exact) mass is 370 g/mol. The Balaban J connectivity index is 2.53. The van der Waals surface area contributed by atoms with Crippen LogP contribution >= 0.6 is 0 Å². The van der Waals surface area contributed by atoms with Gasteiger partial charge in [-0.3, -0.25) is 4.79 Å². The zero-order chi connectivity index (χ0) is 19.0. The van der Waals surface area contributed by atoms with Crippen LogP contribution < -0.4 is 4.74 Å². The highest BCUT2D eigenvalue weighted by atomic mass is 19.4. The normalized spacial score (nSPS) is 12.2. The van der Waals surface area contributed by atoms with E-state index >= 15 is 0 Å². The van der Waals surface area contributed by atoms with E-state index in [9.17, 15) is 39.9 Å². The first-order valence-corrected chi connectivity index (χ1v) is 6.33. The van der Waals surface area contributed by atoms with Crippen LogP contribution in [0.15, 0.2) is 30.3 Å². The molecule has 0 unspecified atom stereocenters. The largest absolute Gasteiger partial charge is 0.454 e. The third-order valence-electron chi connectivity index (χ3n) is 2.97. The number of carbonyl (C=O) groups excluding carboxylic acids is 1. The minimum absolute atomic E-state index is 0.0196. The van der Waals surface area contributed by atoms with Crippen LogP contribution in [-0.4, -0.2) is 6.29 Å². The molecule has 0 aromatic heterocycles. The lowest BCUT2D eigenvalue weighted by Gasteiger charge is -2.15. The molecule has 0 N–H and O–H groups in total. The molecule has 25 heavy (non-hydrogen) atoms. The van der Waals surface area contributed by atoms with Gasteiger partial charge in [0.05, 0.1) is 16.7 Å². The van der Waals surface area contributed by atoms with Crippen molar-refractivity contribution in [2.45, 2.75) is 12.4 Å². The van der Waals surface area contributed by atoms with Gasteiger partial charge in [0, 0.05) is 6.07 Å². The van der Waals surface area contributed by atoms with Gasteiger partial charge in [0.15, 0.2) is 17.9 Å². The molecule has 0 heterocycles. The summed E-state index contributed by atoms with van der Waals surface area (Å²) < 4.78 is 108. The second kappa shape index (κ2) is 6.34. The summed E-state index contributed by atoms with van der Waals surface area (Å²) in [5.41, 5.74) is -4.05. The molecule has 134 valence electrons. The zero-order valence-electron chi connectivity index (χ0n) is 11.8. The van der Waals surface area contributed by atoms with E-state index in [1.54, 1.807) is 0 Å². The molecule has 2 rings (SSSR count). The van der Waals surface area contributed by atoms with Gasteiger partial charge in [-0.15, -0.1) is 0 Å². The predicted molar refractivity (Wildman–Crippen MR) is 68.3 cm³/mol. The molecule has 0 amide bonds. The van der Waals surface area contributed by atoms with Crippen molar-refractivity contribution in [3.8, 4) is 11.5 Å². The summed E-state index contributed by atoms with van der Waals surface area (Å²) in [6, 6.07) is 1.02. The first-order valence-electron chi connectivity index (χ1n) is 6.33. The van der Waals surface area contributed by atoms with Crippen molar-refractivity contribution in [1.29, 1.82) is 0 Å². The molecule has 0 radical (unpaired) electrons. The topological polar surface area (TPSA) is 26.3 Å². The van der Waals surface area contributed by atoms with Gasteiger partial charge in [0.1, 0.15) is 11.6 Å². The fourth-order valence-electron chi connectivity index (χ4n) is 1.82. The number of benzene rings is 2. The first-order chi connectivity index (χ1) is 11.4. The number of aldehydes is 1. The molecule has 0 atom stereocenters. The molecule has 0 fully saturated rings. The number of halogens is 8. The van der Waals surface area contributed by atoms with Crippen LogP contribution in [-0.2, 0) is 12.4 Å². The predicted octanol–water partition coefficient (Wildman–Crippen LogP) is 5.61. The van der Waals surface area contributed by atoms with Gasteiger partial charge in [-0.1, -0.05) is 0 Å². The number of hydrogen-bond acceptors (Lipinski definition) is 2. The van der Waals surface area contributed by atoms with Gasteiger partial charge in [-0.05, 0) is 24.3 Å². The molecular weight excluding hydrogens is 364 g/mol. The average Bonchev–Trinajstić information content (AvgIpc) is 2.48.